The summed E-state index contributed by atoms with van der Waals surface area (Å²) in [7, 11) is 0. The van der Waals surface area contributed by atoms with Gasteiger partial charge < -0.3 is 4.79 Å². The van der Waals surface area contributed by atoms with Crippen molar-refractivity contribution in [2.75, 3.05) is 0 Å². The number of hydrogen-bond donors (Lipinski definition) is 0. The lowest BCUT2D eigenvalue weighted by Crippen LogP contribution is -2.08. The number of carbonyl (C=O) groups is 2. The molecule has 0 radical (unpaired) electrons. The maximum absolute atomic E-state index is 11.2. The summed E-state index contributed by atoms with van der Waals surface area (Å²) in [5.74, 6) is 0.326. The average Bonchev–Trinajstić information content (AvgIpc) is 2.31. The quantitative estimate of drug-likeness (QED) is 0.574. The van der Waals surface area contributed by atoms with Crippen molar-refractivity contribution in [3.05, 3.63) is 11.6 Å². The fraction of sp³-hybridized carbons (Fsp3) is 0.556. The highest BCUT2D eigenvalue weighted by atomic mass is 16.1. The van der Waals surface area contributed by atoms with E-state index in [4.69, 9.17) is 0 Å². The van der Waals surface area contributed by atoms with Crippen LogP contribution in [0, 0.1) is 5.92 Å². The molecule has 0 N–H and O–H groups in total. The van der Waals surface area contributed by atoms with Crippen molar-refractivity contribution in [2.45, 2.75) is 26.2 Å². The molecular formula is C9H12O2. The van der Waals surface area contributed by atoms with Gasteiger partial charge in [0, 0.05) is 12.3 Å². The number of rotatable bonds is 3. The van der Waals surface area contributed by atoms with E-state index in [2.05, 4.69) is 0 Å². The van der Waals surface area contributed by atoms with Crippen LogP contribution >= 0.6 is 0 Å². The van der Waals surface area contributed by atoms with Gasteiger partial charge in [-0.3, -0.25) is 4.79 Å². The molecule has 0 amide bonds. The molecule has 0 bridgehead atoms. The van der Waals surface area contributed by atoms with Crippen molar-refractivity contribution in [2.24, 2.45) is 5.92 Å². The zero-order chi connectivity index (χ0) is 8.27. The fourth-order valence-electron chi connectivity index (χ4n) is 1.37. The van der Waals surface area contributed by atoms with Gasteiger partial charge in [0.25, 0.3) is 0 Å². The number of hydrogen-bond acceptors (Lipinski definition) is 2. The summed E-state index contributed by atoms with van der Waals surface area (Å²) in [6.45, 7) is 1.84. The molecule has 1 unspecified atom stereocenters. The van der Waals surface area contributed by atoms with E-state index in [1.807, 2.05) is 13.0 Å². The molecule has 0 heterocycles. The molecule has 0 saturated heterocycles. The zero-order valence-corrected chi connectivity index (χ0v) is 6.67. The Morgan fingerprint density at radius 3 is 2.91 bits per heavy atom. The van der Waals surface area contributed by atoms with Crippen molar-refractivity contribution in [3.63, 3.8) is 0 Å². The van der Waals surface area contributed by atoms with E-state index in [0.717, 1.165) is 24.7 Å². The first-order chi connectivity index (χ1) is 5.25. The van der Waals surface area contributed by atoms with Gasteiger partial charge in [-0.15, -0.1) is 0 Å². The van der Waals surface area contributed by atoms with Gasteiger partial charge in [-0.1, -0.05) is 6.08 Å². The van der Waals surface area contributed by atoms with E-state index in [-0.39, 0.29) is 11.7 Å². The third kappa shape index (κ3) is 1.76. The standard InChI is InChI=1S/C9H12O2/c1-7-4-5-8(9(7)11)3-2-6-10/h4,6,8H,2-3,5H2,1H3. The minimum atomic E-state index is 0.0974. The second-order valence-corrected chi connectivity index (χ2v) is 2.93. The molecule has 1 aliphatic carbocycles. The molecule has 0 aromatic carbocycles. The Hall–Kier alpha value is -0.920. The molecule has 60 valence electrons. The minimum Gasteiger partial charge on any atom is -0.303 e. The fourth-order valence-corrected chi connectivity index (χ4v) is 1.37. The molecule has 0 aromatic heterocycles. The Morgan fingerprint density at radius 2 is 2.45 bits per heavy atom. The Bertz CT molecular complexity index is 204. The highest BCUT2D eigenvalue weighted by molar-refractivity contribution is 5.98. The van der Waals surface area contributed by atoms with Gasteiger partial charge in [0.05, 0.1) is 0 Å². The van der Waals surface area contributed by atoms with Gasteiger partial charge in [-0.05, 0) is 25.3 Å². The van der Waals surface area contributed by atoms with Crippen LogP contribution in [0.4, 0.5) is 0 Å². The van der Waals surface area contributed by atoms with Crippen LogP contribution in [0.15, 0.2) is 11.6 Å². The molecule has 0 spiro atoms. The van der Waals surface area contributed by atoms with Crippen molar-refractivity contribution < 1.29 is 9.59 Å². The minimum absolute atomic E-state index is 0.0974. The molecule has 0 saturated carbocycles. The van der Waals surface area contributed by atoms with Gasteiger partial charge in [0.2, 0.25) is 0 Å². The second kappa shape index (κ2) is 3.46. The summed E-state index contributed by atoms with van der Waals surface area (Å²) >= 11 is 0. The van der Waals surface area contributed by atoms with Crippen LogP contribution in [0.5, 0.6) is 0 Å². The van der Waals surface area contributed by atoms with Crippen LogP contribution in [0.25, 0.3) is 0 Å². The maximum Gasteiger partial charge on any atom is 0.161 e. The van der Waals surface area contributed by atoms with Gasteiger partial charge in [-0.25, -0.2) is 0 Å². The molecule has 2 heteroatoms. The smallest absolute Gasteiger partial charge is 0.161 e. The van der Waals surface area contributed by atoms with E-state index in [9.17, 15) is 9.59 Å². The van der Waals surface area contributed by atoms with E-state index >= 15 is 0 Å². The SMILES string of the molecule is CC1=CCC(CCC=O)C1=O. The number of Topliss-reactive ketones (excluding diaryl/α,β-unsaturated/α-hetero) is 1. The molecule has 0 aliphatic heterocycles. The highest BCUT2D eigenvalue weighted by Crippen LogP contribution is 2.24. The molecule has 0 fully saturated rings. The largest absolute Gasteiger partial charge is 0.303 e. The predicted molar refractivity (Wildman–Crippen MR) is 42.2 cm³/mol. The number of aldehydes is 1. The monoisotopic (exact) mass is 152 g/mol. The van der Waals surface area contributed by atoms with Crippen molar-refractivity contribution in [3.8, 4) is 0 Å². The summed E-state index contributed by atoms with van der Waals surface area (Å²) in [6.07, 6.45) is 4.89. The number of allylic oxidation sites excluding steroid dienone is 2. The van der Waals surface area contributed by atoms with E-state index in [1.165, 1.54) is 0 Å². The molecule has 0 aromatic rings. The first-order valence-electron chi connectivity index (χ1n) is 3.90. The predicted octanol–water partition coefficient (Wildman–Crippen LogP) is 1.50. The third-order valence-electron chi connectivity index (χ3n) is 2.10. The average molecular weight is 152 g/mol. The normalized spacial score (nSPS) is 23.5. The summed E-state index contributed by atoms with van der Waals surface area (Å²) < 4.78 is 0. The molecular weight excluding hydrogens is 140 g/mol. The molecule has 1 aliphatic rings. The molecule has 2 nitrogen and oxygen atoms in total. The van der Waals surface area contributed by atoms with Crippen LogP contribution in [-0.4, -0.2) is 12.1 Å². The van der Waals surface area contributed by atoms with E-state index < -0.39 is 0 Å². The second-order valence-electron chi connectivity index (χ2n) is 2.93. The van der Waals surface area contributed by atoms with Crippen molar-refractivity contribution >= 4 is 12.1 Å². The Balaban J connectivity index is 2.41. The lowest BCUT2D eigenvalue weighted by molar-refractivity contribution is -0.118. The molecule has 1 atom stereocenters. The van der Waals surface area contributed by atoms with Gasteiger partial charge >= 0.3 is 0 Å². The van der Waals surface area contributed by atoms with Crippen LogP contribution in [0.3, 0.4) is 0 Å². The van der Waals surface area contributed by atoms with Crippen LogP contribution < -0.4 is 0 Å². The molecule has 1 rings (SSSR count). The summed E-state index contributed by atoms with van der Waals surface area (Å²) in [5, 5.41) is 0. The highest BCUT2D eigenvalue weighted by Gasteiger charge is 2.23. The Morgan fingerprint density at radius 1 is 1.73 bits per heavy atom. The number of ketones is 1. The summed E-state index contributed by atoms with van der Waals surface area (Å²) in [6, 6.07) is 0. The maximum atomic E-state index is 11.2. The van der Waals surface area contributed by atoms with Gasteiger partial charge in [-0.2, -0.15) is 0 Å². The first kappa shape index (κ1) is 8.18. The van der Waals surface area contributed by atoms with Gasteiger partial charge in [0.15, 0.2) is 5.78 Å². The number of carbonyl (C=O) groups excluding carboxylic acids is 2. The van der Waals surface area contributed by atoms with Crippen LogP contribution in [0.1, 0.15) is 26.2 Å². The summed E-state index contributed by atoms with van der Waals surface area (Å²) in [4.78, 5) is 21.2. The molecule has 11 heavy (non-hydrogen) atoms. The van der Waals surface area contributed by atoms with E-state index in [0.29, 0.717) is 6.42 Å². The van der Waals surface area contributed by atoms with E-state index in [1.54, 1.807) is 0 Å². The van der Waals surface area contributed by atoms with Crippen LogP contribution in [0.2, 0.25) is 0 Å². The Kier molecular flexibility index (Phi) is 2.58. The van der Waals surface area contributed by atoms with Crippen molar-refractivity contribution in [1.29, 1.82) is 0 Å². The summed E-state index contributed by atoms with van der Waals surface area (Å²) in [5.41, 5.74) is 0.862. The Labute approximate surface area is 66.3 Å². The van der Waals surface area contributed by atoms with Gasteiger partial charge in [0.1, 0.15) is 6.29 Å². The first-order valence-corrected chi connectivity index (χ1v) is 3.90. The zero-order valence-electron chi connectivity index (χ0n) is 6.67. The van der Waals surface area contributed by atoms with Crippen molar-refractivity contribution in [1.82, 2.24) is 0 Å². The lowest BCUT2D eigenvalue weighted by Gasteiger charge is -2.03. The lowest BCUT2D eigenvalue weighted by atomic mass is 9.99. The third-order valence-corrected chi connectivity index (χ3v) is 2.10. The topological polar surface area (TPSA) is 34.1 Å². The van der Waals surface area contributed by atoms with Crippen LogP contribution in [-0.2, 0) is 9.59 Å².